The number of esters is 1. The molecule has 1 amide bonds. The van der Waals surface area contributed by atoms with Crippen LogP contribution in [0.4, 0.5) is 5.69 Å². The summed E-state index contributed by atoms with van der Waals surface area (Å²) < 4.78 is 23.5. The van der Waals surface area contributed by atoms with Gasteiger partial charge < -0.3 is 59.7 Å². The van der Waals surface area contributed by atoms with E-state index in [1.165, 1.54) is 53.2 Å². The summed E-state index contributed by atoms with van der Waals surface area (Å²) in [6.45, 7) is 12.6. The second-order valence-corrected chi connectivity index (χ2v) is 15.8. The fourth-order valence-corrected chi connectivity index (χ4v) is 7.65. The molecule has 16 nitrogen and oxygen atoms in total. The molecule has 2 aromatic rings. The molecule has 2 aromatic carbocycles. The minimum absolute atomic E-state index is 0.0255. The Bertz CT molecular complexity index is 2030. The number of fused-ring (bicyclic) bond motifs is 14. The fourth-order valence-electron chi connectivity index (χ4n) is 7.65. The summed E-state index contributed by atoms with van der Waals surface area (Å²) in [6, 6.07) is 0. The van der Waals surface area contributed by atoms with Gasteiger partial charge in [0.2, 0.25) is 0 Å². The highest BCUT2D eigenvalue weighted by atomic mass is 16.7. The van der Waals surface area contributed by atoms with Crippen molar-refractivity contribution in [3.05, 3.63) is 52.8 Å². The lowest BCUT2D eigenvalue weighted by Gasteiger charge is -2.38. The SMILES string of the molecule is CO[C@H]1/C=C/O[C@@]2(C)Oc3c(C)c(O)c4c(O)c(c(/C=N/OCCCCCCO)c(O)c4c3C2=O)NC(=O)/C(C)=C\C=C\[C@@H](C)[C@H](O)[C@@H](C)[C@@H](O)[C@@H](C)[C@H](OC(C)=O)[C@@H]1C. The van der Waals surface area contributed by atoms with Crippen molar-refractivity contribution in [1.29, 1.82) is 0 Å². The predicted octanol–water partition coefficient (Wildman–Crippen LogP) is 5.66. The number of methoxy groups -OCH3 is 1. The number of unbranched alkanes of at least 4 members (excludes halogenated alkanes) is 3. The average Bonchev–Trinajstić information content (AvgIpc) is 3.47. The molecule has 3 aliphatic heterocycles. The largest absolute Gasteiger partial charge is 0.507 e. The van der Waals surface area contributed by atoms with Crippen molar-refractivity contribution in [3.63, 3.8) is 0 Å². The van der Waals surface area contributed by atoms with Crippen LogP contribution in [-0.4, -0.2) is 105 Å². The molecule has 330 valence electrons. The predicted molar refractivity (Wildman–Crippen MR) is 223 cm³/mol. The van der Waals surface area contributed by atoms with Gasteiger partial charge in [-0.25, -0.2) is 0 Å². The molecule has 0 saturated heterocycles. The topological polar surface area (TPSA) is 243 Å². The monoisotopic (exact) mass is 840 g/mol. The minimum atomic E-state index is -2.07. The molecule has 0 unspecified atom stereocenters. The molecule has 0 fully saturated rings. The van der Waals surface area contributed by atoms with E-state index in [1.807, 2.05) is 0 Å². The lowest BCUT2D eigenvalue weighted by atomic mass is 9.78. The number of oxime groups is 1. The number of aliphatic hydroxyl groups is 3. The summed E-state index contributed by atoms with van der Waals surface area (Å²) in [4.78, 5) is 45.8. The van der Waals surface area contributed by atoms with E-state index in [-0.39, 0.29) is 57.7 Å². The van der Waals surface area contributed by atoms with Crippen LogP contribution in [0.1, 0.15) is 95.6 Å². The Labute approximate surface area is 350 Å². The number of benzene rings is 2. The number of hydrogen-bond acceptors (Lipinski definition) is 15. The van der Waals surface area contributed by atoms with Crippen molar-refractivity contribution in [2.75, 3.05) is 25.6 Å². The van der Waals surface area contributed by atoms with Gasteiger partial charge in [0, 0.05) is 67.8 Å². The third-order valence-electron chi connectivity index (χ3n) is 11.4. The van der Waals surface area contributed by atoms with Crippen LogP contribution in [0.25, 0.3) is 10.8 Å². The first-order chi connectivity index (χ1) is 28.3. The molecule has 16 heteroatoms. The van der Waals surface area contributed by atoms with E-state index in [1.54, 1.807) is 39.8 Å². The third-order valence-corrected chi connectivity index (χ3v) is 11.4. The van der Waals surface area contributed by atoms with E-state index in [9.17, 15) is 39.9 Å². The molecule has 0 spiro atoms. The minimum Gasteiger partial charge on any atom is -0.507 e. The number of amides is 1. The molecular formula is C44H60N2O14. The van der Waals surface area contributed by atoms with Gasteiger partial charge >= 0.3 is 11.8 Å². The number of carbonyl (C=O) groups excluding carboxylic acids is 3. The number of phenolic OH excluding ortho intramolecular Hbond substituents is 3. The number of ether oxygens (including phenoxy) is 4. The molecule has 3 heterocycles. The molecule has 0 radical (unpaired) electrons. The van der Waals surface area contributed by atoms with Gasteiger partial charge in [-0.3, -0.25) is 14.4 Å². The van der Waals surface area contributed by atoms with Crippen molar-refractivity contribution < 1.29 is 68.8 Å². The van der Waals surface area contributed by atoms with Gasteiger partial charge in [0.1, 0.15) is 30.0 Å². The number of phenols is 3. The lowest BCUT2D eigenvalue weighted by molar-refractivity contribution is -0.160. The summed E-state index contributed by atoms with van der Waals surface area (Å²) in [5, 5.41) is 73.1. The number of allylic oxidation sites excluding steroid dienone is 2. The first kappa shape index (κ1) is 47.5. The van der Waals surface area contributed by atoms with Crippen molar-refractivity contribution in [2.45, 2.75) is 111 Å². The van der Waals surface area contributed by atoms with Crippen LogP contribution in [0.15, 0.2) is 41.3 Å². The van der Waals surface area contributed by atoms with Gasteiger partial charge in [-0.1, -0.05) is 57.5 Å². The zero-order valence-corrected chi connectivity index (χ0v) is 35.7. The van der Waals surface area contributed by atoms with E-state index in [0.717, 1.165) is 19.1 Å². The van der Waals surface area contributed by atoms with Crippen LogP contribution in [-0.2, 0) is 28.6 Å². The third kappa shape index (κ3) is 10.1. The summed E-state index contributed by atoms with van der Waals surface area (Å²) in [7, 11) is 1.42. The van der Waals surface area contributed by atoms with E-state index < -0.39 is 88.8 Å². The van der Waals surface area contributed by atoms with Gasteiger partial charge in [0.25, 0.3) is 11.7 Å². The van der Waals surface area contributed by atoms with Crippen molar-refractivity contribution in [1.82, 2.24) is 0 Å². The number of ketones is 1. The number of aromatic hydroxyl groups is 3. The second-order valence-electron chi connectivity index (χ2n) is 15.8. The first-order valence-electron chi connectivity index (χ1n) is 20.2. The Balaban J connectivity index is 1.92. The Morgan fingerprint density at radius 2 is 1.62 bits per heavy atom. The van der Waals surface area contributed by atoms with Gasteiger partial charge in [-0.05, 0) is 39.2 Å². The number of hydrogen-bond donors (Lipinski definition) is 7. The lowest BCUT2D eigenvalue weighted by Crippen LogP contribution is -2.46. The van der Waals surface area contributed by atoms with Crippen LogP contribution < -0.4 is 10.1 Å². The number of nitrogens with one attached hydrogen (secondary N) is 1. The molecule has 7 N–H and O–H groups in total. The highest BCUT2D eigenvalue weighted by molar-refractivity contribution is 6.23. The number of aliphatic hydroxyl groups excluding tert-OH is 3. The van der Waals surface area contributed by atoms with Gasteiger partial charge in [-0.15, -0.1) is 0 Å². The number of carbonyl (C=O) groups is 3. The maximum Gasteiger partial charge on any atom is 0.312 e. The molecule has 3 aliphatic rings. The van der Waals surface area contributed by atoms with Crippen LogP contribution in [0.2, 0.25) is 0 Å². The maximum atomic E-state index is 14.4. The fraction of sp³-hybridized carbons (Fsp3) is 0.545. The average molecular weight is 841 g/mol. The molecule has 5 rings (SSSR count). The van der Waals surface area contributed by atoms with Crippen molar-refractivity contribution >= 4 is 40.3 Å². The Hall–Kier alpha value is -5.16. The Kier molecular flexibility index (Phi) is 16.2. The van der Waals surface area contributed by atoms with Crippen LogP contribution >= 0.6 is 0 Å². The molecular weight excluding hydrogens is 780 g/mol. The summed E-state index contributed by atoms with van der Waals surface area (Å²) in [6.07, 6.45) is 7.26. The molecule has 5 bridgehead atoms. The normalized spacial score (nSPS) is 29.8. The number of anilines is 1. The zero-order chi connectivity index (χ0) is 44.6. The van der Waals surface area contributed by atoms with Gasteiger partial charge in [0.15, 0.2) is 5.75 Å². The van der Waals surface area contributed by atoms with E-state index in [2.05, 4.69) is 10.5 Å². The maximum absolute atomic E-state index is 14.4. The first-order valence-corrected chi connectivity index (χ1v) is 20.2. The second kappa shape index (κ2) is 20.4. The smallest absolute Gasteiger partial charge is 0.312 e. The molecule has 0 aromatic heterocycles. The highest BCUT2D eigenvalue weighted by Crippen LogP contribution is 2.55. The van der Waals surface area contributed by atoms with Gasteiger partial charge in [0.05, 0.1) is 53.0 Å². The number of rotatable bonds is 10. The van der Waals surface area contributed by atoms with Crippen LogP contribution in [0, 0.1) is 30.6 Å². The van der Waals surface area contributed by atoms with E-state index in [0.29, 0.717) is 12.8 Å². The Morgan fingerprint density at radius 3 is 2.27 bits per heavy atom. The van der Waals surface area contributed by atoms with Gasteiger partial charge in [-0.2, -0.15) is 0 Å². The standard InChI is InChI=1S/C44H60N2O14/c1-22-15-14-16-23(2)43(55)46-34-29(21-45-58-19-13-11-10-12-18-47)38(52)31-32(39(34)53)37(51)27(6)41-33(31)42(54)44(8,60-41)57-20-17-30(56-9)24(3)40(59-28(7)48)26(5)36(50)25(4)35(22)49/h14-17,20-22,24-26,30,35-36,40,47,49-53H,10-13,18-19H2,1-9H3,(H,46,55)/b15-14+,20-17+,23-16-,45-21+/t22-,24-,25-,26-,30+,35+,36-,40-,44+/m1/s1. The number of Topliss-reactive ketones (excluding diaryl/α,β-unsaturated/α-hetero) is 1. The van der Waals surface area contributed by atoms with E-state index in [4.69, 9.17) is 28.9 Å². The van der Waals surface area contributed by atoms with Crippen molar-refractivity contribution in [2.24, 2.45) is 28.8 Å². The molecule has 0 aliphatic carbocycles. The summed E-state index contributed by atoms with van der Waals surface area (Å²) in [5.41, 5.74) is -0.664. The summed E-state index contributed by atoms with van der Waals surface area (Å²) in [5.74, 6) is -8.74. The summed E-state index contributed by atoms with van der Waals surface area (Å²) >= 11 is 0. The van der Waals surface area contributed by atoms with Crippen LogP contribution in [0.3, 0.4) is 0 Å². The highest BCUT2D eigenvalue weighted by Gasteiger charge is 2.50. The molecule has 9 atom stereocenters. The quantitative estimate of drug-likeness (QED) is 0.0382. The zero-order valence-electron chi connectivity index (χ0n) is 35.7. The molecule has 60 heavy (non-hydrogen) atoms. The van der Waals surface area contributed by atoms with Crippen LogP contribution in [0.5, 0.6) is 23.0 Å². The van der Waals surface area contributed by atoms with Crippen molar-refractivity contribution in [3.8, 4) is 23.0 Å². The Morgan fingerprint density at radius 1 is 0.933 bits per heavy atom. The van der Waals surface area contributed by atoms with E-state index >= 15 is 0 Å². The number of nitrogens with zero attached hydrogens (tertiary/aromatic N) is 1. The molecule has 0 saturated carbocycles.